The minimum Gasteiger partial charge on any atom is -0.347 e. The van der Waals surface area contributed by atoms with Gasteiger partial charge in [-0.2, -0.15) is 0 Å². The van der Waals surface area contributed by atoms with Gasteiger partial charge in [0.15, 0.2) is 0 Å². The van der Waals surface area contributed by atoms with Crippen molar-refractivity contribution in [2.75, 3.05) is 6.54 Å². The van der Waals surface area contributed by atoms with E-state index in [1.807, 2.05) is 20.8 Å². The molecule has 0 aliphatic heterocycles. The molecule has 3 nitrogen and oxygen atoms in total. The Balaban J connectivity index is 2.77. The summed E-state index contributed by atoms with van der Waals surface area (Å²) < 4.78 is 12.3. The number of carbonyl (C=O) groups excluding carboxylic acids is 1. The molecule has 0 aliphatic carbocycles. The molecule has 0 unspecified atom stereocenters. The molecule has 4 heteroatoms. The maximum absolute atomic E-state index is 12.3. The highest BCUT2D eigenvalue weighted by atomic mass is 19.1. The van der Waals surface area contributed by atoms with E-state index in [4.69, 9.17) is 5.73 Å². The van der Waals surface area contributed by atoms with Crippen molar-refractivity contribution in [3.63, 3.8) is 0 Å². The fraction of sp³-hybridized carbons (Fsp3) is 0.312. The van der Waals surface area contributed by atoms with Crippen molar-refractivity contribution < 1.29 is 9.18 Å². The van der Waals surface area contributed by atoms with E-state index in [9.17, 15) is 9.18 Å². The molecule has 0 saturated carbocycles. The van der Waals surface area contributed by atoms with Gasteiger partial charge in [-0.1, -0.05) is 24.3 Å². The first-order valence-corrected chi connectivity index (χ1v) is 6.45. The second kappa shape index (κ2) is 7.01. The predicted octanol–water partition coefficient (Wildman–Crippen LogP) is 3.04. The van der Waals surface area contributed by atoms with Gasteiger partial charge in [0.25, 0.3) is 5.91 Å². The minimum absolute atomic E-state index is 0.112. The van der Waals surface area contributed by atoms with Crippen LogP contribution in [0.4, 0.5) is 4.39 Å². The highest BCUT2D eigenvalue weighted by molar-refractivity contribution is 5.94. The Morgan fingerprint density at radius 1 is 1.30 bits per heavy atom. The molecular weight excluding hydrogens is 255 g/mol. The van der Waals surface area contributed by atoms with E-state index < -0.39 is 0 Å². The molecule has 1 rings (SSSR count). The number of nitrogens with one attached hydrogen (secondary N) is 1. The molecule has 0 radical (unpaired) electrons. The standard InChI is InChI=1S/C16H21FN2O/c1-16(2,3)19-15(20)14-8-6-12(7-9-14)4-5-13(10-17)11-18/h4-10H,11,18H2,1-3H3,(H,19,20)/b5-4+,13-10-. The van der Waals surface area contributed by atoms with Crippen LogP contribution in [-0.4, -0.2) is 18.0 Å². The topological polar surface area (TPSA) is 55.1 Å². The molecular formula is C16H21FN2O. The van der Waals surface area contributed by atoms with Gasteiger partial charge in [-0.15, -0.1) is 0 Å². The minimum atomic E-state index is -0.266. The number of hydrogen-bond donors (Lipinski definition) is 2. The number of rotatable bonds is 4. The summed E-state index contributed by atoms with van der Waals surface area (Å²) in [6, 6.07) is 7.09. The summed E-state index contributed by atoms with van der Waals surface area (Å²) in [7, 11) is 0. The van der Waals surface area contributed by atoms with Crippen molar-refractivity contribution in [3.05, 3.63) is 53.4 Å². The Morgan fingerprint density at radius 3 is 2.35 bits per heavy atom. The smallest absolute Gasteiger partial charge is 0.251 e. The van der Waals surface area contributed by atoms with Gasteiger partial charge in [0.05, 0.1) is 6.33 Å². The van der Waals surface area contributed by atoms with Crippen molar-refractivity contribution in [1.82, 2.24) is 5.32 Å². The molecule has 1 aromatic rings. The molecule has 0 aliphatic rings. The van der Waals surface area contributed by atoms with Gasteiger partial charge >= 0.3 is 0 Å². The lowest BCUT2D eigenvalue weighted by molar-refractivity contribution is 0.0919. The van der Waals surface area contributed by atoms with Crippen molar-refractivity contribution in [2.45, 2.75) is 26.3 Å². The highest BCUT2D eigenvalue weighted by Gasteiger charge is 2.14. The van der Waals surface area contributed by atoms with Gasteiger partial charge in [-0.3, -0.25) is 4.79 Å². The van der Waals surface area contributed by atoms with Gasteiger partial charge in [-0.05, 0) is 44.0 Å². The first-order valence-electron chi connectivity index (χ1n) is 6.45. The van der Waals surface area contributed by atoms with Gasteiger partial charge in [-0.25, -0.2) is 4.39 Å². The zero-order valence-electron chi connectivity index (χ0n) is 12.1. The van der Waals surface area contributed by atoms with Crippen LogP contribution in [0.15, 0.2) is 42.2 Å². The lowest BCUT2D eigenvalue weighted by atomic mass is 10.1. The number of hydrogen-bond acceptors (Lipinski definition) is 2. The van der Waals surface area contributed by atoms with E-state index in [0.29, 0.717) is 17.5 Å². The summed E-state index contributed by atoms with van der Waals surface area (Å²) in [6.45, 7) is 5.94. The molecule has 20 heavy (non-hydrogen) atoms. The molecule has 3 N–H and O–H groups in total. The fourth-order valence-corrected chi connectivity index (χ4v) is 1.51. The molecule has 0 atom stereocenters. The second-order valence-corrected chi connectivity index (χ2v) is 5.55. The van der Waals surface area contributed by atoms with Gasteiger partial charge in [0, 0.05) is 17.6 Å². The number of benzene rings is 1. The third-order valence-electron chi connectivity index (χ3n) is 2.53. The lowest BCUT2D eigenvalue weighted by Crippen LogP contribution is -2.40. The average molecular weight is 276 g/mol. The van der Waals surface area contributed by atoms with E-state index in [1.165, 1.54) is 0 Å². The van der Waals surface area contributed by atoms with Gasteiger partial charge in [0.1, 0.15) is 0 Å². The number of nitrogens with two attached hydrogens (primary N) is 1. The molecule has 1 aromatic carbocycles. The molecule has 0 heterocycles. The summed E-state index contributed by atoms with van der Waals surface area (Å²) in [5.41, 5.74) is 6.98. The molecule has 1 amide bonds. The van der Waals surface area contributed by atoms with Crippen molar-refractivity contribution >= 4 is 12.0 Å². The van der Waals surface area contributed by atoms with E-state index >= 15 is 0 Å². The zero-order valence-corrected chi connectivity index (χ0v) is 12.1. The Kier molecular flexibility index (Phi) is 5.65. The predicted molar refractivity (Wildman–Crippen MR) is 80.9 cm³/mol. The first kappa shape index (κ1) is 16.1. The first-order chi connectivity index (χ1) is 9.35. The molecule has 0 fully saturated rings. The normalized spacial score (nSPS) is 12.8. The Morgan fingerprint density at radius 2 is 1.90 bits per heavy atom. The van der Waals surface area contributed by atoms with Crippen LogP contribution < -0.4 is 11.1 Å². The fourth-order valence-electron chi connectivity index (χ4n) is 1.51. The highest BCUT2D eigenvalue weighted by Crippen LogP contribution is 2.09. The van der Waals surface area contributed by atoms with Gasteiger partial charge in [0.2, 0.25) is 0 Å². The van der Waals surface area contributed by atoms with Crippen LogP contribution >= 0.6 is 0 Å². The summed E-state index contributed by atoms with van der Waals surface area (Å²) in [5.74, 6) is -0.112. The monoisotopic (exact) mass is 276 g/mol. The number of amides is 1. The van der Waals surface area contributed by atoms with Crippen LogP contribution in [0.2, 0.25) is 0 Å². The summed E-state index contributed by atoms with van der Waals surface area (Å²) in [6.07, 6.45) is 3.86. The summed E-state index contributed by atoms with van der Waals surface area (Å²) in [5, 5.41) is 2.89. The maximum Gasteiger partial charge on any atom is 0.251 e. The van der Waals surface area contributed by atoms with Crippen LogP contribution in [-0.2, 0) is 0 Å². The molecule has 0 saturated heterocycles. The average Bonchev–Trinajstić information content (AvgIpc) is 2.38. The maximum atomic E-state index is 12.3. The Bertz CT molecular complexity index is 510. The molecule has 0 bridgehead atoms. The van der Waals surface area contributed by atoms with Crippen LogP contribution in [0.1, 0.15) is 36.7 Å². The molecule has 0 aromatic heterocycles. The van der Waals surface area contributed by atoms with Gasteiger partial charge < -0.3 is 11.1 Å². The number of halogens is 1. The van der Waals surface area contributed by atoms with Crippen LogP contribution in [0.5, 0.6) is 0 Å². The van der Waals surface area contributed by atoms with E-state index in [1.54, 1.807) is 36.4 Å². The molecule has 108 valence electrons. The van der Waals surface area contributed by atoms with Crippen molar-refractivity contribution in [2.24, 2.45) is 5.73 Å². The summed E-state index contributed by atoms with van der Waals surface area (Å²) >= 11 is 0. The van der Waals surface area contributed by atoms with Crippen LogP contribution in [0.25, 0.3) is 6.08 Å². The second-order valence-electron chi connectivity index (χ2n) is 5.55. The van der Waals surface area contributed by atoms with Crippen LogP contribution in [0.3, 0.4) is 0 Å². The molecule has 0 spiro atoms. The number of carbonyl (C=O) groups is 1. The van der Waals surface area contributed by atoms with Crippen molar-refractivity contribution in [3.8, 4) is 0 Å². The van der Waals surface area contributed by atoms with Crippen molar-refractivity contribution in [1.29, 1.82) is 0 Å². The van der Waals surface area contributed by atoms with E-state index in [-0.39, 0.29) is 18.0 Å². The van der Waals surface area contributed by atoms with E-state index in [0.717, 1.165) is 5.56 Å². The Labute approximate surface area is 119 Å². The Hall–Kier alpha value is -1.94. The SMILES string of the molecule is CC(C)(C)NC(=O)c1ccc(/C=C/C(=C/F)CN)cc1. The third kappa shape index (κ3) is 5.36. The third-order valence-corrected chi connectivity index (χ3v) is 2.53. The quantitative estimate of drug-likeness (QED) is 0.830. The summed E-state index contributed by atoms with van der Waals surface area (Å²) in [4.78, 5) is 11.9. The van der Waals surface area contributed by atoms with Crippen LogP contribution in [0, 0.1) is 0 Å². The lowest BCUT2D eigenvalue weighted by Gasteiger charge is -2.20. The van der Waals surface area contributed by atoms with E-state index in [2.05, 4.69) is 5.32 Å². The zero-order chi connectivity index (χ0) is 15.2. The largest absolute Gasteiger partial charge is 0.347 e.